The molecule has 4 rings (SSSR count). The number of para-hydroxylation sites is 1. The van der Waals surface area contributed by atoms with Gasteiger partial charge in [-0.3, -0.25) is 4.98 Å². The fourth-order valence-corrected chi connectivity index (χ4v) is 3.18. The Morgan fingerprint density at radius 1 is 1.04 bits per heavy atom. The molecule has 0 aliphatic rings. The van der Waals surface area contributed by atoms with E-state index in [1.807, 2.05) is 50.2 Å². The molecule has 26 heavy (non-hydrogen) atoms. The van der Waals surface area contributed by atoms with Gasteiger partial charge in [-0.2, -0.15) is 9.61 Å². The quantitative estimate of drug-likeness (QED) is 0.613. The second kappa shape index (κ2) is 6.11. The summed E-state index contributed by atoms with van der Waals surface area (Å²) >= 11 is 0. The monoisotopic (exact) mass is 346 g/mol. The summed E-state index contributed by atoms with van der Waals surface area (Å²) in [5.41, 5.74) is 12.0. The highest BCUT2D eigenvalue weighted by atomic mass is 16.5. The average molecular weight is 346 g/mol. The van der Waals surface area contributed by atoms with E-state index in [2.05, 4.69) is 20.1 Å². The fourth-order valence-electron chi connectivity index (χ4n) is 3.18. The molecule has 0 aliphatic heterocycles. The molecule has 3 heterocycles. The zero-order valence-corrected chi connectivity index (χ0v) is 14.8. The summed E-state index contributed by atoms with van der Waals surface area (Å²) in [5, 5.41) is 4.20. The summed E-state index contributed by atoms with van der Waals surface area (Å²) in [6, 6.07) is 11.7. The van der Waals surface area contributed by atoms with Crippen molar-refractivity contribution in [2.45, 2.75) is 13.8 Å². The van der Waals surface area contributed by atoms with Crippen LogP contribution in [0.4, 0.5) is 5.95 Å². The second-order valence-electron chi connectivity index (χ2n) is 6.03. The van der Waals surface area contributed by atoms with Crippen LogP contribution in [0.3, 0.4) is 0 Å². The lowest BCUT2D eigenvalue weighted by molar-refractivity contribution is 0.416. The Bertz CT molecular complexity index is 1100. The lowest BCUT2D eigenvalue weighted by Crippen LogP contribution is -2.06. The van der Waals surface area contributed by atoms with Gasteiger partial charge in [0.15, 0.2) is 5.65 Å². The minimum atomic E-state index is 0.268. The first-order chi connectivity index (χ1) is 12.6. The Labute approximate surface area is 150 Å². The van der Waals surface area contributed by atoms with E-state index in [0.717, 1.165) is 28.1 Å². The van der Waals surface area contributed by atoms with Gasteiger partial charge < -0.3 is 10.5 Å². The lowest BCUT2D eigenvalue weighted by atomic mass is 9.99. The molecule has 0 atom stereocenters. The number of fused-ring (bicyclic) bond motifs is 1. The predicted octanol–water partition coefficient (Wildman–Crippen LogP) is 3.06. The van der Waals surface area contributed by atoms with E-state index in [9.17, 15) is 0 Å². The van der Waals surface area contributed by atoms with E-state index < -0.39 is 0 Å². The van der Waals surface area contributed by atoms with E-state index in [1.54, 1.807) is 11.6 Å². The van der Waals surface area contributed by atoms with Crippen molar-refractivity contribution in [1.29, 1.82) is 0 Å². The maximum absolute atomic E-state index is 6.13. The molecule has 0 fully saturated rings. The Kier molecular flexibility index (Phi) is 3.76. The van der Waals surface area contributed by atoms with E-state index in [0.29, 0.717) is 17.1 Å². The molecule has 2 N–H and O–H groups in total. The third-order valence-corrected chi connectivity index (χ3v) is 4.18. The Balaban J connectivity index is 2.13. The number of aromatic nitrogens is 5. The number of hydrogen-bond acceptors (Lipinski definition) is 6. The Morgan fingerprint density at radius 3 is 2.50 bits per heavy atom. The van der Waals surface area contributed by atoms with Gasteiger partial charge in [-0.15, -0.1) is 0 Å². The molecule has 7 nitrogen and oxygen atoms in total. The summed E-state index contributed by atoms with van der Waals surface area (Å²) in [4.78, 5) is 13.5. The van der Waals surface area contributed by atoms with Crippen molar-refractivity contribution in [3.63, 3.8) is 0 Å². The third kappa shape index (κ3) is 2.54. The number of benzene rings is 1. The molecule has 7 heteroatoms. The van der Waals surface area contributed by atoms with E-state index >= 15 is 0 Å². The topological polar surface area (TPSA) is 91.2 Å². The number of rotatable bonds is 3. The smallest absolute Gasteiger partial charge is 0.223 e. The van der Waals surface area contributed by atoms with Crippen LogP contribution in [0.25, 0.3) is 28.0 Å². The van der Waals surface area contributed by atoms with Gasteiger partial charge in [0.1, 0.15) is 12.1 Å². The van der Waals surface area contributed by atoms with Gasteiger partial charge in [0.2, 0.25) is 5.95 Å². The summed E-state index contributed by atoms with van der Waals surface area (Å²) in [6.45, 7) is 3.93. The largest absolute Gasteiger partial charge is 0.496 e. The predicted molar refractivity (Wildman–Crippen MR) is 99.9 cm³/mol. The molecule has 0 amide bonds. The van der Waals surface area contributed by atoms with Gasteiger partial charge in [0.05, 0.1) is 18.4 Å². The lowest BCUT2D eigenvalue weighted by Gasteiger charge is -2.15. The first-order valence-corrected chi connectivity index (χ1v) is 8.16. The molecule has 0 radical (unpaired) electrons. The molecular formula is C19H18N6O. The zero-order chi connectivity index (χ0) is 18.3. The molecule has 0 bridgehead atoms. The van der Waals surface area contributed by atoms with Crippen LogP contribution in [0.1, 0.15) is 11.4 Å². The minimum Gasteiger partial charge on any atom is -0.496 e. The van der Waals surface area contributed by atoms with Crippen LogP contribution in [-0.2, 0) is 0 Å². The minimum absolute atomic E-state index is 0.268. The molecule has 0 unspecified atom stereocenters. The van der Waals surface area contributed by atoms with Crippen molar-refractivity contribution in [2.75, 3.05) is 12.8 Å². The van der Waals surface area contributed by atoms with Crippen LogP contribution in [0.15, 0.2) is 42.7 Å². The van der Waals surface area contributed by atoms with Gasteiger partial charge in [-0.25, -0.2) is 9.97 Å². The number of anilines is 1. The summed E-state index contributed by atoms with van der Waals surface area (Å²) in [5.74, 6) is 0.983. The van der Waals surface area contributed by atoms with Crippen molar-refractivity contribution in [3.05, 3.63) is 54.1 Å². The molecule has 130 valence electrons. The number of methoxy groups -OCH3 is 1. The summed E-state index contributed by atoms with van der Waals surface area (Å²) in [7, 11) is 1.64. The van der Waals surface area contributed by atoms with Gasteiger partial charge in [0, 0.05) is 17.0 Å². The fraction of sp³-hybridized carbons (Fsp3) is 0.158. The van der Waals surface area contributed by atoms with Gasteiger partial charge in [-0.05, 0) is 43.7 Å². The van der Waals surface area contributed by atoms with E-state index in [4.69, 9.17) is 10.5 Å². The molecular weight excluding hydrogens is 328 g/mol. The van der Waals surface area contributed by atoms with Crippen LogP contribution in [0, 0.1) is 13.8 Å². The van der Waals surface area contributed by atoms with E-state index in [-0.39, 0.29) is 5.95 Å². The number of nitrogens with zero attached hydrogens (tertiary/aromatic N) is 5. The molecule has 4 aromatic rings. The Morgan fingerprint density at radius 2 is 1.77 bits per heavy atom. The first kappa shape index (κ1) is 16.0. The molecule has 0 saturated carbocycles. The van der Waals surface area contributed by atoms with Crippen LogP contribution in [-0.4, -0.2) is 31.7 Å². The average Bonchev–Trinajstić information content (AvgIpc) is 3.10. The van der Waals surface area contributed by atoms with Gasteiger partial charge in [-0.1, -0.05) is 12.1 Å². The molecule has 0 spiro atoms. The first-order valence-electron chi connectivity index (χ1n) is 8.16. The van der Waals surface area contributed by atoms with Crippen LogP contribution >= 0.6 is 0 Å². The highest BCUT2D eigenvalue weighted by molar-refractivity contribution is 5.92. The van der Waals surface area contributed by atoms with Crippen LogP contribution < -0.4 is 10.5 Å². The van der Waals surface area contributed by atoms with Crippen molar-refractivity contribution in [3.8, 4) is 28.1 Å². The Hall–Kier alpha value is -3.48. The maximum Gasteiger partial charge on any atom is 0.223 e. The molecule has 0 saturated heterocycles. The molecule has 0 aliphatic carbocycles. The number of ether oxygens (including phenoxy) is 1. The number of nitrogen functional groups attached to an aromatic ring is 1. The van der Waals surface area contributed by atoms with Crippen molar-refractivity contribution in [1.82, 2.24) is 24.6 Å². The standard InChI is InChI=1S/C19H18N6O/c1-11-8-13(9-12(2)23-11)16-17(14-6-4-5-7-15(14)26-3)24-19(20)25-18(16)21-10-22-25/h4-10H,1-3H3,(H2,20,24). The molecule has 3 aromatic heterocycles. The SMILES string of the molecule is COc1ccccc1-c1nc(N)n2ncnc2c1-c1cc(C)nc(C)c1. The number of aryl methyl sites for hydroxylation is 2. The third-order valence-electron chi connectivity index (χ3n) is 4.18. The highest BCUT2D eigenvalue weighted by Gasteiger charge is 2.20. The van der Waals surface area contributed by atoms with Crippen LogP contribution in [0.2, 0.25) is 0 Å². The number of hydrogen-bond donors (Lipinski definition) is 1. The van der Waals surface area contributed by atoms with Crippen LogP contribution in [0.5, 0.6) is 5.75 Å². The maximum atomic E-state index is 6.13. The zero-order valence-electron chi connectivity index (χ0n) is 14.8. The molecule has 1 aromatic carbocycles. The highest BCUT2D eigenvalue weighted by Crippen LogP contribution is 2.38. The number of nitrogens with two attached hydrogens (primary N) is 1. The van der Waals surface area contributed by atoms with Crippen molar-refractivity contribution in [2.24, 2.45) is 0 Å². The van der Waals surface area contributed by atoms with Crippen molar-refractivity contribution < 1.29 is 4.74 Å². The summed E-state index contributed by atoms with van der Waals surface area (Å²) in [6.07, 6.45) is 1.48. The number of pyridine rings is 1. The summed E-state index contributed by atoms with van der Waals surface area (Å²) < 4.78 is 7.08. The normalized spacial score (nSPS) is 11.0. The van der Waals surface area contributed by atoms with Crippen molar-refractivity contribution >= 4 is 11.6 Å². The second-order valence-corrected chi connectivity index (χ2v) is 6.03. The van der Waals surface area contributed by atoms with Gasteiger partial charge in [0.25, 0.3) is 0 Å². The van der Waals surface area contributed by atoms with E-state index in [1.165, 1.54) is 6.33 Å². The van der Waals surface area contributed by atoms with Gasteiger partial charge >= 0.3 is 0 Å².